The summed E-state index contributed by atoms with van der Waals surface area (Å²) in [7, 11) is 0. The standard InChI is InChI=1S/C7H15N.C4H11N.C2H6/c1-7(2,3)8-5-4-6-8;1-4(2,3)5;1-2/h4-6H2,1-3H3;5H2,1-3H3;1-2H3. The van der Waals surface area contributed by atoms with Crippen molar-refractivity contribution >= 4 is 0 Å². The number of nitrogens with zero attached hydrogens (tertiary/aromatic N) is 1. The molecule has 0 aromatic rings. The van der Waals surface area contributed by atoms with Gasteiger partial charge in [-0.2, -0.15) is 0 Å². The van der Waals surface area contributed by atoms with Gasteiger partial charge in [-0.05, 0) is 61.1 Å². The number of rotatable bonds is 0. The highest BCUT2D eigenvalue weighted by atomic mass is 15.2. The summed E-state index contributed by atoms with van der Waals surface area (Å²) >= 11 is 0. The van der Waals surface area contributed by atoms with Gasteiger partial charge in [0, 0.05) is 11.1 Å². The minimum absolute atomic E-state index is 0. The Labute approximate surface area is 97.2 Å². The second kappa shape index (κ2) is 7.24. The Hall–Kier alpha value is -0.0800. The fraction of sp³-hybridized carbons (Fsp3) is 1.00. The first-order chi connectivity index (χ1) is 6.61. The maximum atomic E-state index is 5.35. The summed E-state index contributed by atoms with van der Waals surface area (Å²) in [6.45, 7) is 19.3. The second-order valence-electron chi connectivity index (χ2n) is 5.88. The summed E-state index contributed by atoms with van der Waals surface area (Å²) in [5.41, 5.74) is 5.78. The average Bonchev–Trinajstić information content (AvgIpc) is 1.79. The predicted octanol–water partition coefficient (Wildman–Crippen LogP) is 3.26. The molecule has 0 aromatic carbocycles. The van der Waals surface area contributed by atoms with Crippen molar-refractivity contribution in [1.29, 1.82) is 0 Å². The van der Waals surface area contributed by atoms with Crippen molar-refractivity contribution in [3.8, 4) is 0 Å². The summed E-state index contributed by atoms with van der Waals surface area (Å²) in [4.78, 5) is 2.49. The van der Waals surface area contributed by atoms with Crippen LogP contribution in [0.2, 0.25) is 0 Å². The first-order valence-electron chi connectivity index (χ1n) is 6.14. The molecule has 2 N–H and O–H groups in total. The number of likely N-dealkylation sites (tertiary alicyclic amines) is 1. The largest absolute Gasteiger partial charge is 0.326 e. The smallest absolute Gasteiger partial charge is 0.0125 e. The molecule has 0 radical (unpaired) electrons. The van der Waals surface area contributed by atoms with E-state index in [4.69, 9.17) is 5.73 Å². The molecule has 0 spiro atoms. The molecule has 1 saturated heterocycles. The first kappa shape index (κ1) is 17.3. The molecule has 1 fully saturated rings. The van der Waals surface area contributed by atoms with Gasteiger partial charge in [0.25, 0.3) is 0 Å². The summed E-state index contributed by atoms with van der Waals surface area (Å²) < 4.78 is 0. The molecular weight excluding hydrogens is 184 g/mol. The van der Waals surface area contributed by atoms with E-state index in [-0.39, 0.29) is 5.54 Å². The van der Waals surface area contributed by atoms with Gasteiger partial charge in [-0.3, -0.25) is 4.90 Å². The van der Waals surface area contributed by atoms with Gasteiger partial charge >= 0.3 is 0 Å². The highest BCUT2D eigenvalue weighted by Gasteiger charge is 2.25. The van der Waals surface area contributed by atoms with Crippen LogP contribution in [0.4, 0.5) is 0 Å². The predicted molar refractivity (Wildman–Crippen MR) is 71.2 cm³/mol. The third-order valence-electron chi connectivity index (χ3n) is 1.80. The third kappa shape index (κ3) is 13.9. The first-order valence-corrected chi connectivity index (χ1v) is 6.14. The molecule has 0 bridgehead atoms. The molecule has 1 aliphatic heterocycles. The van der Waals surface area contributed by atoms with E-state index in [0.29, 0.717) is 5.54 Å². The Morgan fingerprint density at radius 3 is 1.13 bits per heavy atom. The normalized spacial score (nSPS) is 16.6. The van der Waals surface area contributed by atoms with E-state index < -0.39 is 0 Å². The van der Waals surface area contributed by atoms with Crippen LogP contribution in [0.1, 0.15) is 61.8 Å². The van der Waals surface area contributed by atoms with Crippen LogP contribution in [-0.2, 0) is 0 Å². The molecular formula is C13H32N2. The van der Waals surface area contributed by atoms with Gasteiger partial charge in [-0.1, -0.05) is 13.8 Å². The molecule has 0 amide bonds. The molecule has 1 heterocycles. The summed E-state index contributed by atoms with van der Waals surface area (Å²) in [6, 6.07) is 0. The molecule has 0 aliphatic carbocycles. The number of hydrogen-bond acceptors (Lipinski definition) is 2. The zero-order chi connectivity index (χ0) is 12.7. The fourth-order valence-electron chi connectivity index (χ4n) is 0.987. The molecule has 0 aromatic heterocycles. The lowest BCUT2D eigenvalue weighted by Gasteiger charge is -2.42. The lowest BCUT2D eigenvalue weighted by Crippen LogP contribution is -2.49. The van der Waals surface area contributed by atoms with Gasteiger partial charge in [0.05, 0.1) is 0 Å². The van der Waals surface area contributed by atoms with E-state index in [1.54, 1.807) is 0 Å². The average molecular weight is 216 g/mol. The quantitative estimate of drug-likeness (QED) is 0.673. The van der Waals surface area contributed by atoms with Crippen LogP contribution >= 0.6 is 0 Å². The Bertz CT molecular complexity index is 130. The zero-order valence-electron chi connectivity index (χ0n) is 12.1. The van der Waals surface area contributed by atoms with Crippen molar-refractivity contribution in [2.75, 3.05) is 13.1 Å². The van der Waals surface area contributed by atoms with Crippen LogP contribution in [0.15, 0.2) is 0 Å². The van der Waals surface area contributed by atoms with Gasteiger partial charge in [0.2, 0.25) is 0 Å². The third-order valence-corrected chi connectivity index (χ3v) is 1.80. The molecule has 1 rings (SSSR count). The van der Waals surface area contributed by atoms with Gasteiger partial charge < -0.3 is 5.73 Å². The van der Waals surface area contributed by atoms with E-state index in [9.17, 15) is 0 Å². The highest BCUT2D eigenvalue weighted by molar-refractivity contribution is 4.81. The van der Waals surface area contributed by atoms with Crippen LogP contribution in [0.5, 0.6) is 0 Å². The van der Waals surface area contributed by atoms with Gasteiger partial charge in [-0.15, -0.1) is 0 Å². The molecule has 0 unspecified atom stereocenters. The second-order valence-corrected chi connectivity index (χ2v) is 5.88. The lowest BCUT2D eigenvalue weighted by atomic mass is 10.0. The van der Waals surface area contributed by atoms with Crippen molar-refractivity contribution in [2.45, 2.75) is 72.9 Å². The SMILES string of the molecule is CC.CC(C)(C)N.CC(C)(C)N1CCC1. The minimum Gasteiger partial charge on any atom is -0.326 e. The number of nitrogens with two attached hydrogens (primary N) is 1. The van der Waals surface area contributed by atoms with Gasteiger partial charge in [-0.25, -0.2) is 0 Å². The van der Waals surface area contributed by atoms with Crippen LogP contribution in [0.25, 0.3) is 0 Å². The summed E-state index contributed by atoms with van der Waals surface area (Å²) in [5, 5.41) is 0. The summed E-state index contributed by atoms with van der Waals surface area (Å²) in [5.74, 6) is 0. The van der Waals surface area contributed by atoms with Crippen molar-refractivity contribution < 1.29 is 0 Å². The van der Waals surface area contributed by atoms with Crippen LogP contribution in [0.3, 0.4) is 0 Å². The van der Waals surface area contributed by atoms with Crippen LogP contribution < -0.4 is 5.73 Å². The van der Waals surface area contributed by atoms with Crippen molar-refractivity contribution in [3.05, 3.63) is 0 Å². The Kier molecular flexibility index (Phi) is 8.35. The van der Waals surface area contributed by atoms with Crippen molar-refractivity contribution in [2.24, 2.45) is 5.73 Å². The van der Waals surface area contributed by atoms with E-state index in [1.165, 1.54) is 19.5 Å². The molecule has 0 atom stereocenters. The fourth-order valence-corrected chi connectivity index (χ4v) is 0.987. The van der Waals surface area contributed by atoms with E-state index in [1.807, 2.05) is 34.6 Å². The molecule has 2 nitrogen and oxygen atoms in total. The van der Waals surface area contributed by atoms with Crippen molar-refractivity contribution in [3.63, 3.8) is 0 Å². The monoisotopic (exact) mass is 216 g/mol. The molecule has 2 heteroatoms. The highest BCUT2D eigenvalue weighted by Crippen LogP contribution is 2.19. The van der Waals surface area contributed by atoms with Crippen molar-refractivity contribution in [1.82, 2.24) is 4.90 Å². The molecule has 0 saturated carbocycles. The molecule has 94 valence electrons. The Morgan fingerprint density at radius 2 is 1.13 bits per heavy atom. The van der Waals surface area contributed by atoms with E-state index >= 15 is 0 Å². The van der Waals surface area contributed by atoms with Gasteiger partial charge in [0.1, 0.15) is 0 Å². The lowest BCUT2D eigenvalue weighted by molar-refractivity contribution is 0.0690. The van der Waals surface area contributed by atoms with E-state index in [0.717, 1.165) is 0 Å². The Morgan fingerprint density at radius 1 is 0.867 bits per heavy atom. The topological polar surface area (TPSA) is 29.3 Å². The van der Waals surface area contributed by atoms with Crippen LogP contribution in [0, 0.1) is 0 Å². The molecule has 1 aliphatic rings. The van der Waals surface area contributed by atoms with Gasteiger partial charge in [0.15, 0.2) is 0 Å². The maximum absolute atomic E-state index is 5.35. The number of hydrogen-bond donors (Lipinski definition) is 1. The zero-order valence-corrected chi connectivity index (χ0v) is 12.1. The Balaban J connectivity index is 0. The maximum Gasteiger partial charge on any atom is 0.0125 e. The van der Waals surface area contributed by atoms with E-state index in [2.05, 4.69) is 25.7 Å². The summed E-state index contributed by atoms with van der Waals surface area (Å²) in [6.07, 6.45) is 1.40. The van der Waals surface area contributed by atoms with Crippen LogP contribution in [-0.4, -0.2) is 29.1 Å². The molecule has 15 heavy (non-hydrogen) atoms. The minimum atomic E-state index is 0.